The second-order valence-corrected chi connectivity index (χ2v) is 8.43. The van der Waals surface area contributed by atoms with Crippen LogP contribution >= 0.6 is 11.6 Å². The molecule has 0 spiro atoms. The summed E-state index contributed by atoms with van der Waals surface area (Å²) in [5, 5.41) is 7.59. The van der Waals surface area contributed by atoms with Crippen molar-refractivity contribution in [3.63, 3.8) is 0 Å². The predicted octanol–water partition coefficient (Wildman–Crippen LogP) is 6.12. The summed E-state index contributed by atoms with van der Waals surface area (Å²) >= 11 is 5.96. The van der Waals surface area contributed by atoms with E-state index < -0.39 is 0 Å². The molecule has 0 saturated heterocycles. The molecule has 7 nitrogen and oxygen atoms in total. The number of hydrogen-bond donors (Lipinski definition) is 1. The number of carbonyl (C=O) groups excluding carboxylic acids is 1. The fourth-order valence-corrected chi connectivity index (χ4v) is 3.61. The minimum atomic E-state index is -0.279. The SMILES string of the molecule is COc1ccc(/C=C/C(=O)Nc2cnn(COc3cccc(Cl)c3)c2)cc1COc1cccc(C)c1. The molecule has 0 atom stereocenters. The maximum atomic E-state index is 12.4. The van der Waals surface area contributed by atoms with Gasteiger partial charge in [-0.05, 0) is 66.6 Å². The molecule has 3 aromatic carbocycles. The molecule has 184 valence electrons. The molecule has 0 bridgehead atoms. The van der Waals surface area contributed by atoms with E-state index in [1.807, 2.05) is 61.5 Å². The van der Waals surface area contributed by atoms with E-state index in [-0.39, 0.29) is 12.6 Å². The Bertz CT molecular complexity index is 1370. The molecule has 0 radical (unpaired) electrons. The highest BCUT2D eigenvalue weighted by molar-refractivity contribution is 6.30. The van der Waals surface area contributed by atoms with Crippen molar-refractivity contribution >= 4 is 29.3 Å². The number of anilines is 1. The topological polar surface area (TPSA) is 74.6 Å². The Morgan fingerprint density at radius 2 is 1.86 bits per heavy atom. The standard InChI is InChI=1S/C28H26ClN3O4/c1-20-5-3-7-25(13-20)35-18-22-14-21(9-11-27(22)34-2)10-12-28(33)31-24-16-30-32(17-24)19-36-26-8-4-6-23(29)15-26/h3-17H,18-19H2,1-2H3,(H,31,33)/b12-10+. The van der Waals surface area contributed by atoms with Crippen LogP contribution in [0.15, 0.2) is 85.2 Å². The van der Waals surface area contributed by atoms with Gasteiger partial charge in [0.1, 0.15) is 23.9 Å². The van der Waals surface area contributed by atoms with Crippen molar-refractivity contribution in [2.24, 2.45) is 0 Å². The number of aryl methyl sites for hydroxylation is 1. The molecule has 4 aromatic rings. The van der Waals surface area contributed by atoms with Crippen LogP contribution in [0.25, 0.3) is 6.08 Å². The smallest absolute Gasteiger partial charge is 0.248 e. The first-order chi connectivity index (χ1) is 17.5. The van der Waals surface area contributed by atoms with Crippen LogP contribution in [0.1, 0.15) is 16.7 Å². The number of nitrogens with one attached hydrogen (secondary N) is 1. The largest absolute Gasteiger partial charge is 0.496 e. The number of benzene rings is 3. The summed E-state index contributed by atoms with van der Waals surface area (Å²) in [6.07, 6.45) is 6.44. The third-order valence-electron chi connectivity index (χ3n) is 5.18. The summed E-state index contributed by atoms with van der Waals surface area (Å²) in [5.41, 5.74) is 3.41. The number of aromatic nitrogens is 2. The van der Waals surface area contributed by atoms with Gasteiger partial charge in [0.25, 0.3) is 0 Å². The van der Waals surface area contributed by atoms with Crippen LogP contribution in [-0.2, 0) is 18.1 Å². The van der Waals surface area contributed by atoms with Crippen molar-refractivity contribution in [3.8, 4) is 17.2 Å². The highest BCUT2D eigenvalue weighted by Gasteiger charge is 2.07. The zero-order valence-electron chi connectivity index (χ0n) is 20.0. The molecule has 1 N–H and O–H groups in total. The number of rotatable bonds is 10. The lowest BCUT2D eigenvalue weighted by molar-refractivity contribution is -0.111. The third-order valence-corrected chi connectivity index (χ3v) is 5.41. The molecular weight excluding hydrogens is 478 g/mol. The summed E-state index contributed by atoms with van der Waals surface area (Å²) in [7, 11) is 1.62. The molecule has 4 rings (SSSR count). The van der Waals surface area contributed by atoms with Crippen molar-refractivity contribution in [2.45, 2.75) is 20.3 Å². The fraction of sp³-hybridized carbons (Fsp3) is 0.143. The van der Waals surface area contributed by atoms with Gasteiger partial charge in [0.15, 0.2) is 6.73 Å². The molecule has 1 aromatic heterocycles. The van der Waals surface area contributed by atoms with E-state index in [4.69, 9.17) is 25.8 Å². The number of nitrogens with zero attached hydrogens (tertiary/aromatic N) is 2. The average Bonchev–Trinajstić information content (AvgIpc) is 3.32. The third kappa shape index (κ3) is 7.13. The Morgan fingerprint density at radius 3 is 2.64 bits per heavy atom. The van der Waals surface area contributed by atoms with Gasteiger partial charge in [-0.25, -0.2) is 4.68 Å². The van der Waals surface area contributed by atoms with Gasteiger partial charge in [-0.1, -0.05) is 35.9 Å². The van der Waals surface area contributed by atoms with Gasteiger partial charge in [-0.15, -0.1) is 0 Å². The van der Waals surface area contributed by atoms with Crippen LogP contribution < -0.4 is 19.5 Å². The molecule has 0 fully saturated rings. The molecule has 0 aliphatic rings. The van der Waals surface area contributed by atoms with E-state index in [1.54, 1.807) is 42.4 Å². The minimum Gasteiger partial charge on any atom is -0.496 e. The highest BCUT2D eigenvalue weighted by atomic mass is 35.5. The summed E-state index contributed by atoms with van der Waals surface area (Å²) in [6, 6.07) is 20.6. The Kier molecular flexibility index (Phi) is 8.26. The number of amides is 1. The number of methoxy groups -OCH3 is 1. The quantitative estimate of drug-likeness (QED) is 0.264. The second-order valence-electron chi connectivity index (χ2n) is 8.00. The van der Waals surface area contributed by atoms with E-state index >= 15 is 0 Å². The van der Waals surface area contributed by atoms with Gasteiger partial charge in [0.2, 0.25) is 5.91 Å². The molecule has 0 unspecified atom stereocenters. The van der Waals surface area contributed by atoms with E-state index in [9.17, 15) is 4.79 Å². The second kappa shape index (κ2) is 12.0. The predicted molar refractivity (Wildman–Crippen MR) is 140 cm³/mol. The summed E-state index contributed by atoms with van der Waals surface area (Å²) in [5.74, 6) is 1.86. The summed E-state index contributed by atoms with van der Waals surface area (Å²) in [6.45, 7) is 2.55. The summed E-state index contributed by atoms with van der Waals surface area (Å²) < 4.78 is 18.6. The molecule has 1 amide bonds. The van der Waals surface area contributed by atoms with Crippen LogP contribution in [0, 0.1) is 6.92 Å². The van der Waals surface area contributed by atoms with Crippen molar-refractivity contribution in [1.29, 1.82) is 0 Å². The monoisotopic (exact) mass is 503 g/mol. The normalized spacial score (nSPS) is 10.9. The van der Waals surface area contributed by atoms with Gasteiger partial charge in [-0.2, -0.15) is 5.10 Å². The van der Waals surface area contributed by atoms with E-state index in [1.165, 1.54) is 6.08 Å². The van der Waals surface area contributed by atoms with Crippen LogP contribution in [0.3, 0.4) is 0 Å². The van der Waals surface area contributed by atoms with Crippen LogP contribution in [0.2, 0.25) is 5.02 Å². The van der Waals surface area contributed by atoms with Crippen LogP contribution in [0.4, 0.5) is 5.69 Å². The lowest BCUT2D eigenvalue weighted by atomic mass is 10.1. The number of carbonyl (C=O) groups is 1. The Morgan fingerprint density at radius 1 is 1.06 bits per heavy atom. The number of halogens is 1. The molecular formula is C28H26ClN3O4. The molecule has 1 heterocycles. The lowest BCUT2D eigenvalue weighted by Crippen LogP contribution is -2.08. The van der Waals surface area contributed by atoms with E-state index in [2.05, 4.69) is 10.4 Å². The molecule has 0 saturated carbocycles. The molecule has 36 heavy (non-hydrogen) atoms. The van der Waals surface area contributed by atoms with Crippen molar-refractivity contribution in [2.75, 3.05) is 12.4 Å². The zero-order valence-corrected chi connectivity index (χ0v) is 20.7. The lowest BCUT2D eigenvalue weighted by Gasteiger charge is -2.11. The van der Waals surface area contributed by atoms with E-state index in [0.717, 1.165) is 28.2 Å². The fourth-order valence-electron chi connectivity index (χ4n) is 3.43. The maximum Gasteiger partial charge on any atom is 0.248 e. The van der Waals surface area contributed by atoms with Gasteiger partial charge in [0.05, 0.1) is 25.2 Å². The molecule has 0 aliphatic carbocycles. The first kappa shape index (κ1) is 24.9. The Hall–Kier alpha value is -4.23. The summed E-state index contributed by atoms with van der Waals surface area (Å²) in [4.78, 5) is 12.4. The van der Waals surface area contributed by atoms with Crippen molar-refractivity contribution in [1.82, 2.24) is 9.78 Å². The Balaban J connectivity index is 1.33. The van der Waals surface area contributed by atoms with Crippen LogP contribution in [0.5, 0.6) is 17.2 Å². The van der Waals surface area contributed by atoms with E-state index in [0.29, 0.717) is 23.1 Å². The Labute approximate surface area is 214 Å². The van der Waals surface area contributed by atoms with Crippen molar-refractivity contribution in [3.05, 3.63) is 107 Å². The van der Waals surface area contributed by atoms with Crippen LogP contribution in [-0.4, -0.2) is 22.8 Å². The zero-order chi connectivity index (χ0) is 25.3. The van der Waals surface area contributed by atoms with Crippen molar-refractivity contribution < 1.29 is 19.0 Å². The maximum absolute atomic E-state index is 12.4. The first-order valence-electron chi connectivity index (χ1n) is 11.2. The minimum absolute atomic E-state index is 0.186. The van der Waals surface area contributed by atoms with Gasteiger partial charge in [0, 0.05) is 16.7 Å². The van der Waals surface area contributed by atoms with Gasteiger partial charge in [-0.3, -0.25) is 4.79 Å². The van der Waals surface area contributed by atoms with Gasteiger partial charge < -0.3 is 19.5 Å². The molecule has 0 aliphatic heterocycles. The number of ether oxygens (including phenoxy) is 3. The highest BCUT2D eigenvalue weighted by Crippen LogP contribution is 2.23. The average molecular weight is 504 g/mol. The number of hydrogen-bond acceptors (Lipinski definition) is 5. The molecule has 8 heteroatoms. The van der Waals surface area contributed by atoms with Gasteiger partial charge >= 0.3 is 0 Å². The first-order valence-corrected chi connectivity index (χ1v) is 11.6.